The fourth-order valence-electron chi connectivity index (χ4n) is 8.22. The van der Waals surface area contributed by atoms with E-state index >= 15 is 0 Å². The molecule has 356 valence electrons. The topological polar surface area (TPSA) is 137 Å². The lowest BCUT2D eigenvalue weighted by molar-refractivity contribution is -0.158. The van der Waals surface area contributed by atoms with E-state index in [4.69, 9.17) is 37.5 Å². The first-order chi connectivity index (χ1) is 32.7. The van der Waals surface area contributed by atoms with Crippen molar-refractivity contribution >= 4 is 19.7 Å². The number of alkyl carbamates (subject to hydrolysis) is 1. The highest BCUT2D eigenvalue weighted by Gasteiger charge is 2.48. The van der Waals surface area contributed by atoms with Crippen molar-refractivity contribution in [2.75, 3.05) is 34.1 Å². The highest BCUT2D eigenvalue weighted by molar-refractivity contribution is 7.53. The first-order valence-electron chi connectivity index (χ1n) is 22.6. The third-order valence-corrected chi connectivity index (χ3v) is 13.0. The Balaban J connectivity index is 1.08. The van der Waals surface area contributed by atoms with Gasteiger partial charge in [-0.25, -0.2) is 9.36 Å². The van der Waals surface area contributed by atoms with E-state index in [-0.39, 0.29) is 31.5 Å². The Kier molecular flexibility index (Phi) is 16.1. The fraction of sp³-hybridized carbons (Fsp3) is 0.309. The maximum Gasteiger partial charge on any atom is 0.407 e. The molecule has 1 heterocycles. The number of hydrogen-bond acceptors (Lipinski definition) is 11. The maximum atomic E-state index is 14.4. The molecule has 1 aliphatic rings. The van der Waals surface area contributed by atoms with Crippen LogP contribution >= 0.6 is 7.60 Å². The van der Waals surface area contributed by atoms with Gasteiger partial charge in [-0.05, 0) is 97.5 Å². The molecule has 6 aromatic carbocycles. The van der Waals surface area contributed by atoms with Crippen LogP contribution < -0.4 is 19.3 Å². The number of rotatable bonds is 19. The molecule has 1 saturated heterocycles. The Morgan fingerprint density at radius 1 is 0.662 bits per heavy atom. The average molecular weight is 942 g/mol. The summed E-state index contributed by atoms with van der Waals surface area (Å²) in [6.07, 6.45) is -3.33. The van der Waals surface area contributed by atoms with E-state index in [0.717, 1.165) is 33.4 Å². The quantitative estimate of drug-likeness (QED) is 0.0472. The van der Waals surface area contributed by atoms with E-state index in [2.05, 4.69) is 5.32 Å². The van der Waals surface area contributed by atoms with Crippen LogP contribution in [0, 0.1) is 5.41 Å². The van der Waals surface area contributed by atoms with Crippen LogP contribution in [-0.2, 0) is 45.0 Å². The lowest BCUT2D eigenvalue weighted by atomic mass is 9.80. The molecule has 0 radical (unpaired) electrons. The molecule has 7 rings (SSSR count). The zero-order valence-electron chi connectivity index (χ0n) is 39.5. The smallest absolute Gasteiger partial charge is 0.407 e. The summed E-state index contributed by atoms with van der Waals surface area (Å²) in [4.78, 5) is 26.5. The van der Waals surface area contributed by atoms with Gasteiger partial charge in [-0.15, -0.1) is 0 Å². The number of nitrogens with one attached hydrogen (secondary N) is 1. The van der Waals surface area contributed by atoms with Gasteiger partial charge in [0.15, 0.2) is 0 Å². The van der Waals surface area contributed by atoms with Crippen molar-refractivity contribution in [3.8, 4) is 17.2 Å². The summed E-state index contributed by atoms with van der Waals surface area (Å²) in [5, 5.41) is 2.90. The molecule has 1 aliphatic heterocycles. The Hall–Kier alpha value is -6.43. The van der Waals surface area contributed by atoms with Gasteiger partial charge in [0.25, 0.3) is 0 Å². The largest absolute Gasteiger partial charge is 0.497 e. The molecule has 0 aliphatic carbocycles. The molecule has 0 aromatic heterocycles. The molecule has 13 heteroatoms. The summed E-state index contributed by atoms with van der Waals surface area (Å²) >= 11 is 0. The van der Waals surface area contributed by atoms with Crippen LogP contribution in [0.4, 0.5) is 4.79 Å². The Bertz CT molecular complexity index is 2500. The van der Waals surface area contributed by atoms with Gasteiger partial charge in [-0.1, -0.05) is 127 Å². The van der Waals surface area contributed by atoms with Crippen LogP contribution in [-0.4, -0.2) is 70.5 Å². The molecule has 0 saturated carbocycles. The predicted molar refractivity (Wildman–Crippen MR) is 260 cm³/mol. The molecule has 1 amide bonds. The molecule has 1 N–H and O–H groups in total. The molecule has 5 atom stereocenters. The van der Waals surface area contributed by atoms with Crippen LogP contribution in [0.15, 0.2) is 164 Å². The number of benzene rings is 6. The highest BCUT2D eigenvalue weighted by Crippen LogP contribution is 2.49. The molecular formula is C55H60NO11P. The molecule has 12 nitrogen and oxygen atoms in total. The Morgan fingerprint density at radius 2 is 1.15 bits per heavy atom. The monoisotopic (exact) mass is 941 g/mol. The number of methoxy groups -OCH3 is 2. The number of ether oxygens (including phenoxy) is 6. The van der Waals surface area contributed by atoms with E-state index in [1.807, 2.05) is 152 Å². The van der Waals surface area contributed by atoms with Gasteiger partial charge in [0.05, 0.1) is 38.4 Å². The van der Waals surface area contributed by atoms with Gasteiger partial charge in [-0.3, -0.25) is 9.32 Å². The van der Waals surface area contributed by atoms with Crippen molar-refractivity contribution in [1.29, 1.82) is 0 Å². The van der Waals surface area contributed by atoms with E-state index in [1.54, 1.807) is 54.0 Å². The molecule has 3 unspecified atom stereocenters. The van der Waals surface area contributed by atoms with Crippen molar-refractivity contribution in [2.45, 2.75) is 70.2 Å². The second kappa shape index (κ2) is 22.1. The predicted octanol–water partition coefficient (Wildman–Crippen LogP) is 11.1. The number of carbonyl (C=O) groups excluding carboxylic acids is 2. The summed E-state index contributed by atoms with van der Waals surface area (Å²) in [5.74, 6) is 1.03. The second-order valence-electron chi connectivity index (χ2n) is 17.7. The molecule has 0 spiro atoms. The second-order valence-corrected chi connectivity index (χ2v) is 19.7. The first kappa shape index (κ1) is 49.5. The van der Waals surface area contributed by atoms with Gasteiger partial charge in [0.2, 0.25) is 0 Å². The van der Waals surface area contributed by atoms with E-state index < -0.39 is 55.0 Å². The van der Waals surface area contributed by atoms with E-state index in [9.17, 15) is 14.2 Å². The minimum Gasteiger partial charge on any atom is -0.497 e. The number of amides is 1. The van der Waals surface area contributed by atoms with Gasteiger partial charge in [0, 0.05) is 12.6 Å². The van der Waals surface area contributed by atoms with Crippen molar-refractivity contribution < 1.29 is 51.6 Å². The zero-order chi connectivity index (χ0) is 48.3. The first-order valence-corrected chi connectivity index (χ1v) is 24.6. The van der Waals surface area contributed by atoms with Crippen molar-refractivity contribution in [3.63, 3.8) is 0 Å². The van der Waals surface area contributed by atoms with E-state index in [1.165, 1.54) is 6.66 Å². The SMILES string of the molecule is COc1ccc(C(OCc2ccc(OP(C)(=O)OC3C(NC(=O)OCC(c4ccccc4)c4ccccc4)[C@H](C)O[C@@H]3COC(=O)C(C)(C)C)cc2)(c2ccccc2)c2ccc(OC)cc2)cc1. The minimum absolute atomic E-state index is 0.0482. The lowest BCUT2D eigenvalue weighted by Crippen LogP contribution is -2.49. The third-order valence-electron chi connectivity index (χ3n) is 11.8. The Labute approximate surface area is 399 Å². The number of esters is 1. The van der Waals surface area contributed by atoms with Crippen molar-refractivity contribution in [3.05, 3.63) is 197 Å². The number of carbonyl (C=O) groups is 2. The standard InChI is InChI=1S/C55H60NO11P/c1-38-50(56-53(58)63-36-48(40-17-11-8-12-18-40)41-19-13-9-14-20-41)51(49(65-38)37-62-52(57)54(2,3)4)67-68(7,59)66-47-29-23-39(24-30-47)35-64-55(42-21-15-10-16-22-42,43-25-31-45(60-5)32-26-43)44-27-33-46(61-6)34-28-44/h8-34,38,48-51H,35-37H2,1-7H3,(H,56,58)/t38-,49+,50?,51?,68?/m0/s1. The normalized spacial score (nSPS) is 18.0. The van der Waals surface area contributed by atoms with Crippen LogP contribution in [0.3, 0.4) is 0 Å². The highest BCUT2D eigenvalue weighted by atomic mass is 31.2. The molecule has 68 heavy (non-hydrogen) atoms. The van der Waals surface area contributed by atoms with Gasteiger partial charge in [-0.2, -0.15) is 0 Å². The zero-order valence-corrected chi connectivity index (χ0v) is 40.4. The summed E-state index contributed by atoms with van der Waals surface area (Å²) in [6.45, 7) is 8.35. The van der Waals surface area contributed by atoms with Gasteiger partial charge < -0.3 is 38.3 Å². The molecule has 6 aromatic rings. The average Bonchev–Trinajstić information content (AvgIpc) is 3.63. The maximum absolute atomic E-state index is 14.4. The van der Waals surface area contributed by atoms with Crippen LogP contribution in [0.1, 0.15) is 67.0 Å². The fourth-order valence-corrected chi connectivity index (χ4v) is 9.47. The lowest BCUT2D eigenvalue weighted by Gasteiger charge is -2.36. The minimum atomic E-state index is -3.95. The molecular weight excluding hydrogens is 882 g/mol. The van der Waals surface area contributed by atoms with Crippen LogP contribution in [0.25, 0.3) is 0 Å². The van der Waals surface area contributed by atoms with E-state index in [0.29, 0.717) is 11.5 Å². The molecule has 0 bridgehead atoms. The Morgan fingerprint density at radius 3 is 1.65 bits per heavy atom. The van der Waals surface area contributed by atoms with Crippen molar-refractivity contribution in [2.24, 2.45) is 5.41 Å². The van der Waals surface area contributed by atoms with Crippen LogP contribution in [0.2, 0.25) is 0 Å². The summed E-state index contributed by atoms with van der Waals surface area (Å²) < 4.78 is 62.5. The summed E-state index contributed by atoms with van der Waals surface area (Å²) in [5.41, 5.74) is 3.65. The van der Waals surface area contributed by atoms with Gasteiger partial charge in [0.1, 0.15) is 48.3 Å². The third kappa shape index (κ3) is 12.2. The van der Waals surface area contributed by atoms with Crippen LogP contribution in [0.5, 0.6) is 17.2 Å². The van der Waals surface area contributed by atoms with Gasteiger partial charge >= 0.3 is 19.7 Å². The van der Waals surface area contributed by atoms with Crippen molar-refractivity contribution in [1.82, 2.24) is 5.32 Å². The number of hydrogen-bond donors (Lipinski definition) is 1. The molecule has 1 fully saturated rings. The summed E-state index contributed by atoms with van der Waals surface area (Å²) in [6, 6.07) is 51.4. The summed E-state index contributed by atoms with van der Waals surface area (Å²) in [7, 11) is -0.692.